The average molecular weight is 258 g/mol. The van der Waals surface area contributed by atoms with E-state index in [0.717, 1.165) is 17.2 Å². The van der Waals surface area contributed by atoms with Crippen LogP contribution in [0.5, 0.6) is 0 Å². The van der Waals surface area contributed by atoms with Gasteiger partial charge < -0.3 is 5.32 Å². The molecule has 1 unspecified atom stereocenters. The van der Waals surface area contributed by atoms with Gasteiger partial charge in [-0.25, -0.2) is 4.99 Å². The van der Waals surface area contributed by atoms with Crippen molar-refractivity contribution in [1.29, 1.82) is 0 Å². The van der Waals surface area contributed by atoms with E-state index in [2.05, 4.69) is 69.7 Å². The van der Waals surface area contributed by atoms with Gasteiger partial charge in [-0.3, -0.25) is 0 Å². The molecule has 0 bridgehead atoms. The van der Waals surface area contributed by atoms with Crippen molar-refractivity contribution in [3.63, 3.8) is 0 Å². The molecule has 0 aliphatic carbocycles. The topological polar surface area (TPSA) is 24.4 Å². The monoisotopic (exact) mass is 258 g/mol. The lowest BCUT2D eigenvalue weighted by Gasteiger charge is -2.20. The van der Waals surface area contributed by atoms with Crippen LogP contribution in [0, 0.1) is 25.7 Å². The second-order valence-corrected chi connectivity index (χ2v) is 5.67. The first-order chi connectivity index (χ1) is 8.81. The van der Waals surface area contributed by atoms with Crippen LogP contribution in [0.1, 0.15) is 38.8 Å². The van der Waals surface area contributed by atoms with Gasteiger partial charge >= 0.3 is 0 Å². The highest BCUT2D eigenvalue weighted by molar-refractivity contribution is 5.84. The molecule has 104 valence electrons. The minimum absolute atomic E-state index is 0.435. The number of rotatable bonds is 4. The highest BCUT2D eigenvalue weighted by Gasteiger charge is 2.11. The van der Waals surface area contributed by atoms with E-state index < -0.39 is 0 Å². The summed E-state index contributed by atoms with van der Waals surface area (Å²) in [6.45, 7) is 16.9. The number of amidine groups is 1. The highest BCUT2D eigenvalue weighted by atomic mass is 15.0. The SMILES string of the molecule is C=C(NC(C)=Nc1ccc(C)cc1C)C(C)C(C)C. The van der Waals surface area contributed by atoms with E-state index in [4.69, 9.17) is 0 Å². The van der Waals surface area contributed by atoms with Crippen molar-refractivity contribution in [2.24, 2.45) is 16.8 Å². The molecule has 2 heteroatoms. The van der Waals surface area contributed by atoms with Gasteiger partial charge in [0.1, 0.15) is 5.84 Å². The summed E-state index contributed by atoms with van der Waals surface area (Å²) in [4.78, 5) is 4.63. The van der Waals surface area contributed by atoms with Crippen molar-refractivity contribution in [2.75, 3.05) is 0 Å². The van der Waals surface area contributed by atoms with Crippen LogP contribution < -0.4 is 5.32 Å². The molecule has 0 amide bonds. The highest BCUT2D eigenvalue weighted by Crippen LogP contribution is 2.20. The molecule has 1 aromatic carbocycles. The normalized spacial score (nSPS) is 13.5. The van der Waals surface area contributed by atoms with Gasteiger partial charge in [0.05, 0.1) is 5.69 Å². The van der Waals surface area contributed by atoms with Crippen molar-refractivity contribution in [2.45, 2.75) is 41.5 Å². The molecule has 0 radical (unpaired) electrons. The number of hydrogen-bond acceptors (Lipinski definition) is 1. The van der Waals surface area contributed by atoms with Crippen molar-refractivity contribution in [1.82, 2.24) is 5.32 Å². The molecule has 2 nitrogen and oxygen atoms in total. The van der Waals surface area contributed by atoms with E-state index in [-0.39, 0.29) is 0 Å². The molecule has 1 atom stereocenters. The number of nitrogens with zero attached hydrogens (tertiary/aromatic N) is 1. The number of hydrogen-bond donors (Lipinski definition) is 1. The first kappa shape index (κ1) is 15.5. The smallest absolute Gasteiger partial charge is 0.103 e. The van der Waals surface area contributed by atoms with Crippen LogP contribution in [-0.2, 0) is 0 Å². The van der Waals surface area contributed by atoms with Crippen LogP contribution in [0.2, 0.25) is 0 Å². The number of benzene rings is 1. The molecule has 0 fully saturated rings. The maximum Gasteiger partial charge on any atom is 0.103 e. The van der Waals surface area contributed by atoms with E-state index in [1.165, 1.54) is 11.1 Å². The van der Waals surface area contributed by atoms with E-state index >= 15 is 0 Å². The predicted octanol–water partition coefficient (Wildman–Crippen LogP) is 4.75. The lowest BCUT2D eigenvalue weighted by Crippen LogP contribution is -2.25. The fraction of sp³-hybridized carbons (Fsp3) is 0.471. The molecule has 0 spiro atoms. The standard InChI is InChI=1S/C17H26N2/c1-11(2)14(5)15(6)18-16(7)19-17-9-8-12(3)10-13(17)4/h8-11,14H,6H2,1-5,7H3,(H,18,19). The molecule has 1 N–H and O–H groups in total. The summed E-state index contributed by atoms with van der Waals surface area (Å²) in [6, 6.07) is 6.30. The molecule has 0 aliphatic heterocycles. The Kier molecular flexibility index (Phi) is 5.34. The van der Waals surface area contributed by atoms with Gasteiger partial charge in [-0.05, 0) is 44.2 Å². The fourth-order valence-corrected chi connectivity index (χ4v) is 1.89. The number of aryl methyl sites for hydroxylation is 2. The number of allylic oxidation sites excluding steroid dienone is 1. The minimum Gasteiger partial charge on any atom is -0.348 e. The number of aliphatic imine (C=N–C) groups is 1. The molecular weight excluding hydrogens is 232 g/mol. The van der Waals surface area contributed by atoms with E-state index in [0.29, 0.717) is 11.8 Å². The Bertz CT molecular complexity index is 484. The summed E-state index contributed by atoms with van der Waals surface area (Å²) in [5, 5.41) is 3.31. The minimum atomic E-state index is 0.435. The Labute approximate surface area is 117 Å². The third-order valence-electron chi connectivity index (χ3n) is 3.53. The van der Waals surface area contributed by atoms with Crippen molar-refractivity contribution >= 4 is 11.5 Å². The van der Waals surface area contributed by atoms with Crippen LogP contribution >= 0.6 is 0 Å². The van der Waals surface area contributed by atoms with Gasteiger partial charge in [-0.15, -0.1) is 0 Å². The van der Waals surface area contributed by atoms with Crippen molar-refractivity contribution in [3.05, 3.63) is 41.6 Å². The van der Waals surface area contributed by atoms with Crippen molar-refractivity contribution < 1.29 is 0 Å². The molecule has 0 saturated carbocycles. The summed E-state index contributed by atoms with van der Waals surface area (Å²) in [5.41, 5.74) is 4.50. The lowest BCUT2D eigenvalue weighted by atomic mass is 9.95. The fourth-order valence-electron chi connectivity index (χ4n) is 1.89. The summed E-state index contributed by atoms with van der Waals surface area (Å²) in [6.07, 6.45) is 0. The second kappa shape index (κ2) is 6.55. The van der Waals surface area contributed by atoms with Gasteiger partial charge in [0, 0.05) is 5.70 Å². The third-order valence-corrected chi connectivity index (χ3v) is 3.53. The van der Waals surface area contributed by atoms with Gasteiger partial charge in [0.2, 0.25) is 0 Å². The predicted molar refractivity (Wildman–Crippen MR) is 85.0 cm³/mol. The zero-order chi connectivity index (χ0) is 14.6. The van der Waals surface area contributed by atoms with Gasteiger partial charge in [-0.1, -0.05) is 45.0 Å². The Morgan fingerprint density at radius 3 is 2.37 bits per heavy atom. The van der Waals surface area contributed by atoms with Crippen LogP contribution in [0.4, 0.5) is 5.69 Å². The van der Waals surface area contributed by atoms with Crippen molar-refractivity contribution in [3.8, 4) is 0 Å². The first-order valence-electron chi connectivity index (χ1n) is 6.89. The van der Waals surface area contributed by atoms with Gasteiger partial charge in [0.15, 0.2) is 0 Å². The van der Waals surface area contributed by atoms with E-state index in [1.54, 1.807) is 0 Å². The molecule has 0 heterocycles. The molecule has 0 saturated heterocycles. The molecule has 0 aliphatic rings. The van der Waals surface area contributed by atoms with Crippen LogP contribution in [-0.4, -0.2) is 5.84 Å². The van der Waals surface area contributed by atoms with Gasteiger partial charge in [-0.2, -0.15) is 0 Å². The maximum atomic E-state index is 4.63. The molecule has 1 aromatic rings. The Hall–Kier alpha value is -1.57. The maximum absolute atomic E-state index is 4.63. The molecular formula is C17H26N2. The molecule has 1 rings (SSSR count). The first-order valence-corrected chi connectivity index (χ1v) is 6.89. The summed E-state index contributed by atoms with van der Waals surface area (Å²) < 4.78 is 0. The van der Waals surface area contributed by atoms with Crippen LogP contribution in [0.15, 0.2) is 35.5 Å². The Balaban J connectivity index is 2.80. The van der Waals surface area contributed by atoms with E-state index in [9.17, 15) is 0 Å². The second-order valence-electron chi connectivity index (χ2n) is 5.67. The van der Waals surface area contributed by atoms with Crippen LogP contribution in [0.25, 0.3) is 0 Å². The lowest BCUT2D eigenvalue weighted by molar-refractivity contribution is 0.468. The zero-order valence-electron chi connectivity index (χ0n) is 13.0. The summed E-state index contributed by atoms with van der Waals surface area (Å²) in [7, 11) is 0. The zero-order valence-corrected chi connectivity index (χ0v) is 13.0. The average Bonchev–Trinajstić information content (AvgIpc) is 2.31. The number of nitrogens with one attached hydrogen (secondary N) is 1. The Morgan fingerprint density at radius 1 is 1.21 bits per heavy atom. The largest absolute Gasteiger partial charge is 0.348 e. The molecule has 19 heavy (non-hydrogen) atoms. The van der Waals surface area contributed by atoms with E-state index in [1.807, 2.05) is 6.92 Å². The summed E-state index contributed by atoms with van der Waals surface area (Å²) >= 11 is 0. The van der Waals surface area contributed by atoms with Crippen LogP contribution in [0.3, 0.4) is 0 Å². The summed E-state index contributed by atoms with van der Waals surface area (Å²) in [5.74, 6) is 1.91. The quantitative estimate of drug-likeness (QED) is 0.611. The van der Waals surface area contributed by atoms with Gasteiger partial charge in [0.25, 0.3) is 0 Å². The Morgan fingerprint density at radius 2 is 1.84 bits per heavy atom. The third kappa shape index (κ3) is 4.55. The molecule has 0 aromatic heterocycles.